The Morgan fingerprint density at radius 1 is 1.03 bits per heavy atom. The molecule has 0 saturated heterocycles. The molecular weight excluding hydrogens is 417 g/mol. The molecule has 168 valence electrons. The van der Waals surface area contributed by atoms with Gasteiger partial charge in [-0.05, 0) is 61.7 Å². The Morgan fingerprint density at radius 3 is 2.52 bits per heavy atom. The Labute approximate surface area is 192 Å². The summed E-state index contributed by atoms with van der Waals surface area (Å²) in [6, 6.07) is 23.7. The van der Waals surface area contributed by atoms with Crippen LogP contribution in [0.15, 0.2) is 78.9 Å². The molecule has 1 heterocycles. The number of hydrogen-bond donors (Lipinski definition) is 1. The molecule has 0 unspecified atom stereocenters. The van der Waals surface area contributed by atoms with Crippen molar-refractivity contribution in [3.63, 3.8) is 0 Å². The summed E-state index contributed by atoms with van der Waals surface area (Å²) >= 11 is 0. The van der Waals surface area contributed by atoms with Gasteiger partial charge in [-0.3, -0.25) is 4.79 Å². The van der Waals surface area contributed by atoms with Crippen LogP contribution in [0.1, 0.15) is 30.2 Å². The predicted molar refractivity (Wildman–Crippen MR) is 128 cm³/mol. The molecule has 0 spiro atoms. The van der Waals surface area contributed by atoms with Gasteiger partial charge in [0.2, 0.25) is 11.8 Å². The molecule has 4 aromatic rings. The van der Waals surface area contributed by atoms with Crippen LogP contribution in [0.25, 0.3) is 5.69 Å². The summed E-state index contributed by atoms with van der Waals surface area (Å²) in [5.41, 5.74) is 3.86. The van der Waals surface area contributed by atoms with Gasteiger partial charge in [-0.2, -0.15) is 5.10 Å². The number of rotatable bonds is 8. The SMILES string of the molecule is CCc1nn(-c2ccccc2)c(Oc2cccc(C)c2)c1CCC(=O)Nc1ccccc1F. The first-order valence-electron chi connectivity index (χ1n) is 11.0. The van der Waals surface area contributed by atoms with Gasteiger partial charge < -0.3 is 10.1 Å². The number of para-hydroxylation sites is 2. The molecular formula is C27H26FN3O2. The van der Waals surface area contributed by atoms with Gasteiger partial charge in [0.1, 0.15) is 11.6 Å². The van der Waals surface area contributed by atoms with Crippen LogP contribution in [0, 0.1) is 12.7 Å². The molecule has 1 aromatic heterocycles. The molecule has 0 aliphatic carbocycles. The van der Waals surface area contributed by atoms with Gasteiger partial charge in [0.05, 0.1) is 17.1 Å². The summed E-state index contributed by atoms with van der Waals surface area (Å²) in [4.78, 5) is 12.6. The van der Waals surface area contributed by atoms with Crippen molar-refractivity contribution in [1.82, 2.24) is 9.78 Å². The molecule has 0 saturated carbocycles. The minimum Gasteiger partial charge on any atom is -0.439 e. The van der Waals surface area contributed by atoms with Crippen LogP contribution in [-0.2, 0) is 17.6 Å². The lowest BCUT2D eigenvalue weighted by Crippen LogP contribution is -2.13. The Balaban J connectivity index is 1.65. The van der Waals surface area contributed by atoms with E-state index in [1.807, 2.05) is 68.4 Å². The fraction of sp³-hybridized carbons (Fsp3) is 0.185. The highest BCUT2D eigenvalue weighted by molar-refractivity contribution is 5.91. The van der Waals surface area contributed by atoms with Crippen molar-refractivity contribution in [3.05, 3.63) is 102 Å². The average molecular weight is 444 g/mol. The third-order valence-electron chi connectivity index (χ3n) is 5.31. The maximum Gasteiger partial charge on any atom is 0.226 e. The highest BCUT2D eigenvalue weighted by atomic mass is 19.1. The van der Waals surface area contributed by atoms with E-state index in [-0.39, 0.29) is 18.0 Å². The number of benzene rings is 3. The summed E-state index contributed by atoms with van der Waals surface area (Å²) in [5, 5.41) is 7.44. The van der Waals surface area contributed by atoms with Crippen LogP contribution in [-0.4, -0.2) is 15.7 Å². The van der Waals surface area contributed by atoms with E-state index in [0.717, 1.165) is 22.5 Å². The van der Waals surface area contributed by atoms with Crippen LogP contribution >= 0.6 is 0 Å². The van der Waals surface area contributed by atoms with Crippen molar-refractivity contribution in [3.8, 4) is 17.3 Å². The summed E-state index contributed by atoms with van der Waals surface area (Å²) in [7, 11) is 0. The highest BCUT2D eigenvalue weighted by Gasteiger charge is 2.21. The van der Waals surface area contributed by atoms with Crippen LogP contribution in [0.4, 0.5) is 10.1 Å². The second kappa shape index (κ2) is 10.1. The van der Waals surface area contributed by atoms with Crippen LogP contribution in [0.2, 0.25) is 0 Å². The third kappa shape index (κ3) is 5.29. The fourth-order valence-electron chi connectivity index (χ4n) is 3.67. The summed E-state index contributed by atoms with van der Waals surface area (Å²) in [5.74, 6) is 0.561. The molecule has 0 aliphatic heterocycles. The van der Waals surface area contributed by atoms with E-state index >= 15 is 0 Å². The zero-order valence-corrected chi connectivity index (χ0v) is 18.7. The first-order valence-corrected chi connectivity index (χ1v) is 11.0. The van der Waals surface area contributed by atoms with Gasteiger partial charge in [0.15, 0.2) is 0 Å². The summed E-state index contributed by atoms with van der Waals surface area (Å²) in [6.07, 6.45) is 1.28. The van der Waals surface area contributed by atoms with E-state index in [0.29, 0.717) is 24.5 Å². The van der Waals surface area contributed by atoms with E-state index < -0.39 is 5.82 Å². The Morgan fingerprint density at radius 2 is 1.79 bits per heavy atom. The van der Waals surface area contributed by atoms with Gasteiger partial charge in [0.25, 0.3) is 0 Å². The lowest BCUT2D eigenvalue weighted by molar-refractivity contribution is -0.116. The number of nitrogens with one attached hydrogen (secondary N) is 1. The molecule has 0 fully saturated rings. The number of halogens is 1. The van der Waals surface area contributed by atoms with Gasteiger partial charge in [-0.15, -0.1) is 0 Å². The summed E-state index contributed by atoms with van der Waals surface area (Å²) < 4.78 is 22.0. The van der Waals surface area contributed by atoms with Crippen molar-refractivity contribution in [2.75, 3.05) is 5.32 Å². The van der Waals surface area contributed by atoms with E-state index in [2.05, 4.69) is 5.32 Å². The maximum atomic E-state index is 13.9. The van der Waals surface area contributed by atoms with Gasteiger partial charge >= 0.3 is 0 Å². The van der Waals surface area contributed by atoms with Crippen molar-refractivity contribution in [2.45, 2.75) is 33.1 Å². The molecule has 33 heavy (non-hydrogen) atoms. The zero-order chi connectivity index (χ0) is 23.2. The van der Waals surface area contributed by atoms with Crippen molar-refractivity contribution in [1.29, 1.82) is 0 Å². The van der Waals surface area contributed by atoms with Crippen molar-refractivity contribution >= 4 is 11.6 Å². The number of carbonyl (C=O) groups is 1. The lowest BCUT2D eigenvalue weighted by Gasteiger charge is -2.12. The van der Waals surface area contributed by atoms with E-state index in [9.17, 15) is 9.18 Å². The largest absolute Gasteiger partial charge is 0.439 e. The van der Waals surface area contributed by atoms with Gasteiger partial charge in [-0.1, -0.05) is 49.4 Å². The third-order valence-corrected chi connectivity index (χ3v) is 5.31. The monoisotopic (exact) mass is 443 g/mol. The number of amides is 1. The number of aryl methyl sites for hydroxylation is 2. The minimum atomic E-state index is -0.458. The Hall–Kier alpha value is -3.93. The number of nitrogens with zero attached hydrogens (tertiary/aromatic N) is 2. The average Bonchev–Trinajstić information content (AvgIpc) is 3.17. The molecule has 1 N–H and O–H groups in total. The molecule has 0 radical (unpaired) electrons. The maximum absolute atomic E-state index is 13.9. The quantitative estimate of drug-likeness (QED) is 0.350. The van der Waals surface area contributed by atoms with Crippen molar-refractivity contribution < 1.29 is 13.9 Å². The number of carbonyl (C=O) groups excluding carboxylic acids is 1. The smallest absolute Gasteiger partial charge is 0.226 e. The molecule has 0 aliphatic rings. The van der Waals surface area contributed by atoms with Gasteiger partial charge in [0, 0.05) is 12.0 Å². The van der Waals surface area contributed by atoms with E-state index in [4.69, 9.17) is 9.84 Å². The normalized spacial score (nSPS) is 10.8. The first-order chi connectivity index (χ1) is 16.0. The lowest BCUT2D eigenvalue weighted by atomic mass is 10.1. The number of aromatic nitrogens is 2. The Kier molecular flexibility index (Phi) is 6.83. The van der Waals surface area contributed by atoms with E-state index in [1.54, 1.807) is 22.9 Å². The fourth-order valence-corrected chi connectivity index (χ4v) is 3.67. The van der Waals surface area contributed by atoms with Crippen molar-refractivity contribution in [2.24, 2.45) is 0 Å². The van der Waals surface area contributed by atoms with E-state index in [1.165, 1.54) is 6.07 Å². The molecule has 3 aromatic carbocycles. The van der Waals surface area contributed by atoms with Gasteiger partial charge in [-0.25, -0.2) is 9.07 Å². The molecule has 0 bridgehead atoms. The zero-order valence-electron chi connectivity index (χ0n) is 18.7. The topological polar surface area (TPSA) is 56.2 Å². The molecule has 1 amide bonds. The summed E-state index contributed by atoms with van der Waals surface area (Å²) in [6.45, 7) is 4.03. The second-order valence-electron chi connectivity index (χ2n) is 7.78. The molecule has 4 rings (SSSR count). The molecule has 5 nitrogen and oxygen atoms in total. The van der Waals surface area contributed by atoms with Crippen LogP contribution < -0.4 is 10.1 Å². The highest BCUT2D eigenvalue weighted by Crippen LogP contribution is 2.32. The van der Waals surface area contributed by atoms with Crippen LogP contribution in [0.5, 0.6) is 11.6 Å². The Bertz CT molecular complexity index is 1250. The first kappa shape index (κ1) is 22.3. The van der Waals surface area contributed by atoms with Crippen LogP contribution in [0.3, 0.4) is 0 Å². The number of ether oxygens (including phenoxy) is 1. The minimum absolute atomic E-state index is 0.173. The molecule has 0 atom stereocenters. The molecule has 6 heteroatoms. The number of anilines is 1. The second-order valence-corrected chi connectivity index (χ2v) is 7.78. The number of hydrogen-bond acceptors (Lipinski definition) is 3. The standard InChI is InChI=1S/C27H26FN3O2/c1-3-24-22(16-17-26(32)29-25-15-8-7-14-23(25)28)27(33-21-13-9-10-19(2)18-21)31(30-24)20-11-5-4-6-12-20/h4-15,18H,3,16-17H2,1-2H3,(H,29,32). The predicted octanol–water partition coefficient (Wildman–Crippen LogP) is 6.25.